The summed E-state index contributed by atoms with van der Waals surface area (Å²) in [6, 6.07) is 0.636. The maximum Gasteiger partial charge on any atom is 0.143 e. The zero-order valence-electron chi connectivity index (χ0n) is 12.6. The van der Waals surface area contributed by atoms with E-state index in [-0.39, 0.29) is 0 Å². The summed E-state index contributed by atoms with van der Waals surface area (Å²) in [7, 11) is 0. The van der Waals surface area contributed by atoms with Crippen LogP contribution in [0.15, 0.2) is 18.7 Å². The predicted octanol–water partition coefficient (Wildman–Crippen LogP) is 4.52. The minimum absolute atomic E-state index is 0.636. The van der Waals surface area contributed by atoms with Gasteiger partial charge < -0.3 is 4.57 Å². The molecule has 0 atom stereocenters. The molecule has 19 heavy (non-hydrogen) atoms. The number of hydrogen-bond donors (Lipinski definition) is 0. The minimum Gasteiger partial charge on any atom is -0.329 e. The Labute approximate surface area is 116 Å². The molecular weight excluding hydrogens is 234 g/mol. The second-order valence-electron chi connectivity index (χ2n) is 5.39. The van der Waals surface area contributed by atoms with Crippen molar-refractivity contribution in [2.75, 3.05) is 0 Å². The Morgan fingerprint density at radius 3 is 2.53 bits per heavy atom. The Morgan fingerprint density at radius 1 is 1.16 bits per heavy atom. The lowest BCUT2D eigenvalue weighted by molar-refractivity contribution is 0.293. The van der Waals surface area contributed by atoms with E-state index in [9.17, 15) is 0 Å². The van der Waals surface area contributed by atoms with Gasteiger partial charge in [-0.15, -0.1) is 0 Å². The molecule has 1 aliphatic rings. The Hall–Kier alpha value is -1.38. The molecule has 0 spiro atoms. The van der Waals surface area contributed by atoms with E-state index in [1.807, 2.05) is 20.0 Å². The van der Waals surface area contributed by atoms with Crippen LogP contribution in [0.5, 0.6) is 0 Å². The third-order valence-electron chi connectivity index (χ3n) is 4.07. The monoisotopic (exact) mass is 259 g/mol. The molecular formula is C16H25N3. The van der Waals surface area contributed by atoms with Crippen LogP contribution in [0.2, 0.25) is 0 Å². The van der Waals surface area contributed by atoms with Crippen LogP contribution in [0.25, 0.3) is 11.0 Å². The molecule has 0 saturated heterocycles. The highest BCUT2D eigenvalue weighted by molar-refractivity contribution is 5.79. The molecule has 2 aromatic heterocycles. The van der Waals surface area contributed by atoms with E-state index in [2.05, 4.69) is 34.6 Å². The summed E-state index contributed by atoms with van der Waals surface area (Å²) in [5, 5.41) is 1.20. The van der Waals surface area contributed by atoms with Crippen molar-refractivity contribution in [3.05, 3.63) is 24.3 Å². The van der Waals surface area contributed by atoms with Crippen molar-refractivity contribution >= 4 is 11.0 Å². The highest BCUT2D eigenvalue weighted by Gasteiger charge is 2.21. The van der Waals surface area contributed by atoms with Crippen LogP contribution < -0.4 is 0 Å². The topological polar surface area (TPSA) is 30.7 Å². The summed E-state index contributed by atoms with van der Waals surface area (Å²) >= 11 is 0. The van der Waals surface area contributed by atoms with E-state index in [0.717, 1.165) is 11.6 Å². The third-order valence-corrected chi connectivity index (χ3v) is 4.07. The lowest BCUT2D eigenvalue weighted by Crippen LogP contribution is -2.16. The first-order valence-corrected chi connectivity index (χ1v) is 7.53. The summed E-state index contributed by atoms with van der Waals surface area (Å²) in [5.41, 5.74) is 2.40. The van der Waals surface area contributed by atoms with Gasteiger partial charge in [-0.25, -0.2) is 9.97 Å². The average Bonchev–Trinajstić information content (AvgIpc) is 2.80. The predicted molar refractivity (Wildman–Crippen MR) is 80.3 cm³/mol. The fraction of sp³-hybridized carbons (Fsp3) is 0.625. The van der Waals surface area contributed by atoms with Crippen molar-refractivity contribution in [1.82, 2.24) is 14.5 Å². The fourth-order valence-electron chi connectivity index (χ4n) is 2.95. The quantitative estimate of drug-likeness (QED) is 0.754. The Morgan fingerprint density at radius 2 is 1.84 bits per heavy atom. The molecule has 0 unspecified atom stereocenters. The van der Waals surface area contributed by atoms with Crippen LogP contribution in [0.4, 0.5) is 0 Å². The van der Waals surface area contributed by atoms with Crippen LogP contribution in [-0.2, 0) is 0 Å². The van der Waals surface area contributed by atoms with Crippen molar-refractivity contribution in [2.45, 2.75) is 59.4 Å². The zero-order chi connectivity index (χ0) is 13.8. The normalized spacial score (nSPS) is 22.9. The van der Waals surface area contributed by atoms with Gasteiger partial charge in [-0.05, 0) is 44.1 Å². The number of fused-ring (bicyclic) bond motifs is 1. The van der Waals surface area contributed by atoms with Crippen molar-refractivity contribution in [2.24, 2.45) is 5.92 Å². The van der Waals surface area contributed by atoms with Gasteiger partial charge in [-0.2, -0.15) is 0 Å². The molecule has 2 aromatic rings. The molecule has 2 heterocycles. The highest BCUT2D eigenvalue weighted by atomic mass is 15.1. The maximum absolute atomic E-state index is 4.45. The first kappa shape index (κ1) is 14.0. The Kier molecular flexibility index (Phi) is 4.56. The summed E-state index contributed by atoms with van der Waals surface area (Å²) in [5.74, 6) is 0.892. The van der Waals surface area contributed by atoms with E-state index in [4.69, 9.17) is 0 Å². The van der Waals surface area contributed by atoms with E-state index in [0.29, 0.717) is 6.04 Å². The van der Waals surface area contributed by atoms with Gasteiger partial charge in [0.05, 0.1) is 0 Å². The number of rotatable bonds is 1. The number of nitrogens with zero attached hydrogens (tertiary/aromatic N) is 3. The van der Waals surface area contributed by atoms with Gasteiger partial charge in [0.25, 0.3) is 0 Å². The largest absolute Gasteiger partial charge is 0.329 e. The molecule has 0 bridgehead atoms. The minimum atomic E-state index is 0.636. The van der Waals surface area contributed by atoms with Gasteiger partial charge in [0.1, 0.15) is 12.0 Å². The third kappa shape index (κ3) is 2.80. The van der Waals surface area contributed by atoms with Crippen molar-refractivity contribution in [1.29, 1.82) is 0 Å². The average molecular weight is 259 g/mol. The molecule has 1 fully saturated rings. The molecule has 3 heteroatoms. The lowest BCUT2D eigenvalue weighted by atomic mass is 9.87. The Balaban J connectivity index is 0.000000637. The molecule has 0 N–H and O–H groups in total. The fourth-order valence-corrected chi connectivity index (χ4v) is 2.95. The number of hydrogen-bond acceptors (Lipinski definition) is 2. The molecule has 3 nitrogen and oxygen atoms in total. The summed E-state index contributed by atoms with van der Waals surface area (Å²) < 4.78 is 2.37. The standard InChI is InChI=1S/C14H19N3.C2H6/c1-10-3-5-12(6-4-10)17-8-11(2)13-7-15-9-16-14(13)17;1-2/h7-10,12H,3-6H2,1-2H3;1-2H3. The van der Waals surface area contributed by atoms with Crippen molar-refractivity contribution in [3.8, 4) is 0 Å². The molecule has 0 aliphatic heterocycles. The van der Waals surface area contributed by atoms with Crippen LogP contribution in [0.3, 0.4) is 0 Å². The van der Waals surface area contributed by atoms with E-state index in [1.54, 1.807) is 6.33 Å². The van der Waals surface area contributed by atoms with Gasteiger partial charge in [0.2, 0.25) is 0 Å². The first-order valence-electron chi connectivity index (χ1n) is 7.53. The molecule has 0 aromatic carbocycles. The van der Waals surface area contributed by atoms with Crippen LogP contribution in [0.1, 0.15) is 58.1 Å². The van der Waals surface area contributed by atoms with Crippen LogP contribution in [-0.4, -0.2) is 14.5 Å². The van der Waals surface area contributed by atoms with Gasteiger partial charge >= 0.3 is 0 Å². The molecule has 0 radical (unpaired) electrons. The van der Waals surface area contributed by atoms with Crippen molar-refractivity contribution < 1.29 is 0 Å². The van der Waals surface area contributed by atoms with Gasteiger partial charge in [-0.1, -0.05) is 20.8 Å². The van der Waals surface area contributed by atoms with Crippen molar-refractivity contribution in [3.63, 3.8) is 0 Å². The van der Waals surface area contributed by atoms with E-state index in [1.165, 1.54) is 36.6 Å². The second kappa shape index (κ2) is 6.18. The van der Waals surface area contributed by atoms with Gasteiger partial charge in [0.15, 0.2) is 0 Å². The number of aromatic nitrogens is 3. The molecule has 1 saturated carbocycles. The van der Waals surface area contributed by atoms with Gasteiger partial charge in [-0.3, -0.25) is 0 Å². The lowest BCUT2D eigenvalue weighted by Gasteiger charge is -2.27. The zero-order valence-corrected chi connectivity index (χ0v) is 12.6. The molecule has 3 rings (SSSR count). The summed E-state index contributed by atoms with van der Waals surface area (Å²) in [4.78, 5) is 8.57. The molecule has 1 aliphatic carbocycles. The van der Waals surface area contributed by atoms with E-state index < -0.39 is 0 Å². The SMILES string of the molecule is CC.Cc1cn(C2CCC(C)CC2)c2ncncc12. The summed E-state index contributed by atoms with van der Waals surface area (Å²) in [6.07, 6.45) is 11.1. The van der Waals surface area contributed by atoms with Crippen LogP contribution >= 0.6 is 0 Å². The molecule has 104 valence electrons. The van der Waals surface area contributed by atoms with E-state index >= 15 is 0 Å². The Bertz CT molecular complexity index is 522. The number of aryl methyl sites for hydroxylation is 1. The smallest absolute Gasteiger partial charge is 0.143 e. The summed E-state index contributed by atoms with van der Waals surface area (Å²) in [6.45, 7) is 8.51. The van der Waals surface area contributed by atoms with Crippen LogP contribution in [0, 0.1) is 12.8 Å². The van der Waals surface area contributed by atoms with Gasteiger partial charge in [0, 0.05) is 23.8 Å². The second-order valence-corrected chi connectivity index (χ2v) is 5.39. The first-order chi connectivity index (χ1) is 9.25. The molecule has 0 amide bonds. The highest BCUT2D eigenvalue weighted by Crippen LogP contribution is 2.34. The maximum atomic E-state index is 4.45.